The van der Waals surface area contributed by atoms with E-state index in [0.717, 1.165) is 13.1 Å². The minimum Gasteiger partial charge on any atom is -0.313 e. The lowest BCUT2D eigenvalue weighted by atomic mass is 9.96. The number of rotatable bonds is 4. The fourth-order valence-electron chi connectivity index (χ4n) is 2.20. The van der Waals surface area contributed by atoms with Crippen LogP contribution >= 0.6 is 0 Å². The van der Waals surface area contributed by atoms with Crippen molar-refractivity contribution in [2.24, 2.45) is 5.92 Å². The maximum Gasteiger partial charge on any atom is 0.391 e. The summed E-state index contributed by atoms with van der Waals surface area (Å²) in [6.45, 7) is 3.00. The van der Waals surface area contributed by atoms with Crippen molar-refractivity contribution in [3.05, 3.63) is 0 Å². The van der Waals surface area contributed by atoms with Crippen LogP contribution in [0, 0.1) is 5.92 Å². The zero-order valence-corrected chi connectivity index (χ0v) is 9.39. The van der Waals surface area contributed by atoms with Crippen molar-refractivity contribution in [2.75, 3.05) is 26.2 Å². The Kier molecular flexibility index (Phi) is 3.74. The molecule has 0 radical (unpaired) electrons. The van der Waals surface area contributed by atoms with Crippen molar-refractivity contribution in [1.82, 2.24) is 10.2 Å². The highest BCUT2D eigenvalue weighted by Crippen LogP contribution is 2.33. The molecule has 1 saturated carbocycles. The monoisotopic (exact) mass is 236 g/mol. The van der Waals surface area contributed by atoms with Gasteiger partial charge in [0.15, 0.2) is 0 Å². The summed E-state index contributed by atoms with van der Waals surface area (Å²) in [5.41, 5.74) is 0. The van der Waals surface area contributed by atoms with Gasteiger partial charge in [-0.05, 0) is 38.8 Å². The second-order valence-electron chi connectivity index (χ2n) is 4.89. The molecule has 0 aromatic rings. The number of hydrogen-bond acceptors (Lipinski definition) is 2. The van der Waals surface area contributed by atoms with Crippen LogP contribution in [0.3, 0.4) is 0 Å². The van der Waals surface area contributed by atoms with Crippen LogP contribution in [0.15, 0.2) is 0 Å². The van der Waals surface area contributed by atoms with E-state index in [0.29, 0.717) is 19.1 Å². The lowest BCUT2D eigenvalue weighted by molar-refractivity contribution is -0.184. The highest BCUT2D eigenvalue weighted by Gasteiger charge is 2.40. The summed E-state index contributed by atoms with van der Waals surface area (Å²) in [6, 6.07) is 0.688. The Hall–Kier alpha value is -0.290. The largest absolute Gasteiger partial charge is 0.391 e. The summed E-state index contributed by atoms with van der Waals surface area (Å²) in [5, 5.41) is 3.38. The van der Waals surface area contributed by atoms with Crippen LogP contribution in [-0.2, 0) is 0 Å². The fourth-order valence-corrected chi connectivity index (χ4v) is 2.20. The van der Waals surface area contributed by atoms with Gasteiger partial charge in [-0.25, -0.2) is 0 Å². The van der Waals surface area contributed by atoms with E-state index < -0.39 is 12.1 Å². The number of nitrogens with one attached hydrogen (secondary N) is 1. The average molecular weight is 236 g/mol. The molecule has 1 saturated heterocycles. The van der Waals surface area contributed by atoms with E-state index in [-0.39, 0.29) is 12.8 Å². The molecule has 0 aromatic carbocycles. The summed E-state index contributed by atoms with van der Waals surface area (Å²) in [6.07, 6.45) is -0.926. The van der Waals surface area contributed by atoms with Gasteiger partial charge in [0.2, 0.25) is 0 Å². The predicted octanol–water partition coefficient (Wildman–Crippen LogP) is 2.01. The molecule has 0 spiro atoms. The number of halogens is 3. The highest BCUT2D eigenvalue weighted by molar-refractivity contribution is 4.82. The molecule has 2 nitrogen and oxygen atoms in total. The van der Waals surface area contributed by atoms with Crippen molar-refractivity contribution in [3.8, 4) is 0 Å². The molecule has 5 heteroatoms. The summed E-state index contributed by atoms with van der Waals surface area (Å²) in [7, 11) is 0. The molecule has 1 aliphatic heterocycles. The molecular weight excluding hydrogens is 217 g/mol. The molecule has 0 aromatic heterocycles. The Morgan fingerprint density at radius 2 is 1.69 bits per heavy atom. The highest BCUT2D eigenvalue weighted by atomic mass is 19.4. The molecule has 2 aliphatic rings. The van der Waals surface area contributed by atoms with E-state index in [2.05, 4.69) is 10.2 Å². The molecule has 1 N–H and O–H groups in total. The lowest BCUT2D eigenvalue weighted by Gasteiger charge is -2.32. The number of nitrogens with zero attached hydrogens (tertiary/aromatic N) is 1. The Balaban J connectivity index is 1.60. The first kappa shape index (κ1) is 12.2. The normalized spacial score (nSPS) is 24.9. The molecule has 0 amide bonds. The Bertz CT molecular complexity index is 218. The Morgan fingerprint density at radius 3 is 2.19 bits per heavy atom. The van der Waals surface area contributed by atoms with E-state index in [1.54, 1.807) is 0 Å². The van der Waals surface area contributed by atoms with Crippen LogP contribution in [0.5, 0.6) is 0 Å². The third kappa shape index (κ3) is 3.63. The zero-order valence-electron chi connectivity index (χ0n) is 9.39. The molecule has 0 bridgehead atoms. The lowest BCUT2D eigenvalue weighted by Crippen LogP contribution is -2.41. The number of piperidine rings is 1. The van der Waals surface area contributed by atoms with Crippen molar-refractivity contribution in [1.29, 1.82) is 0 Å². The van der Waals surface area contributed by atoms with Gasteiger partial charge in [-0.2, -0.15) is 13.2 Å². The number of hydrogen-bond donors (Lipinski definition) is 1. The van der Waals surface area contributed by atoms with E-state index in [1.807, 2.05) is 0 Å². The second kappa shape index (κ2) is 4.92. The Labute approximate surface area is 94.2 Å². The van der Waals surface area contributed by atoms with Gasteiger partial charge in [0, 0.05) is 19.1 Å². The molecule has 0 unspecified atom stereocenters. The molecule has 2 fully saturated rings. The smallest absolute Gasteiger partial charge is 0.313 e. The molecule has 2 rings (SSSR count). The minimum atomic E-state index is -3.99. The van der Waals surface area contributed by atoms with E-state index in [9.17, 15) is 13.2 Å². The fraction of sp³-hybridized carbons (Fsp3) is 1.00. The van der Waals surface area contributed by atoms with E-state index in [4.69, 9.17) is 0 Å². The minimum absolute atomic E-state index is 0.271. The molecule has 94 valence electrons. The summed E-state index contributed by atoms with van der Waals surface area (Å²) in [5.74, 6) is -1.07. The number of alkyl halides is 3. The molecule has 1 aliphatic carbocycles. The van der Waals surface area contributed by atoms with Gasteiger partial charge in [-0.1, -0.05) is 0 Å². The van der Waals surface area contributed by atoms with Crippen LogP contribution in [0.25, 0.3) is 0 Å². The standard InChI is InChI=1S/C11H19F3N2/c12-11(13,14)9-3-6-16(7-4-9)8-5-15-10-1-2-10/h9-10,15H,1-8H2. The molecule has 16 heavy (non-hydrogen) atoms. The van der Waals surface area contributed by atoms with Gasteiger partial charge < -0.3 is 10.2 Å². The van der Waals surface area contributed by atoms with Crippen LogP contribution in [0.4, 0.5) is 13.2 Å². The second-order valence-corrected chi connectivity index (χ2v) is 4.89. The van der Waals surface area contributed by atoms with Gasteiger partial charge in [0.1, 0.15) is 0 Å². The molecular formula is C11H19F3N2. The van der Waals surface area contributed by atoms with Crippen molar-refractivity contribution >= 4 is 0 Å². The average Bonchev–Trinajstić information content (AvgIpc) is 3.01. The first-order valence-electron chi connectivity index (χ1n) is 6.08. The molecule has 1 heterocycles. The Morgan fingerprint density at radius 1 is 1.06 bits per heavy atom. The summed E-state index contributed by atoms with van der Waals surface area (Å²) in [4.78, 5) is 2.14. The quantitative estimate of drug-likeness (QED) is 0.803. The maximum atomic E-state index is 12.4. The predicted molar refractivity (Wildman–Crippen MR) is 56.2 cm³/mol. The maximum absolute atomic E-state index is 12.4. The first-order valence-corrected chi connectivity index (χ1v) is 6.08. The van der Waals surface area contributed by atoms with Gasteiger partial charge in [0.25, 0.3) is 0 Å². The van der Waals surface area contributed by atoms with Crippen LogP contribution in [0.1, 0.15) is 25.7 Å². The zero-order chi connectivity index (χ0) is 11.6. The number of likely N-dealkylation sites (tertiary alicyclic amines) is 1. The van der Waals surface area contributed by atoms with E-state index in [1.165, 1.54) is 12.8 Å². The van der Waals surface area contributed by atoms with Gasteiger partial charge >= 0.3 is 6.18 Å². The van der Waals surface area contributed by atoms with Gasteiger partial charge in [-0.15, -0.1) is 0 Å². The van der Waals surface area contributed by atoms with Crippen molar-refractivity contribution in [2.45, 2.75) is 37.9 Å². The third-order valence-electron chi connectivity index (χ3n) is 3.49. The topological polar surface area (TPSA) is 15.3 Å². The molecule has 0 atom stereocenters. The van der Waals surface area contributed by atoms with Gasteiger partial charge in [0.05, 0.1) is 5.92 Å². The van der Waals surface area contributed by atoms with Crippen molar-refractivity contribution in [3.63, 3.8) is 0 Å². The van der Waals surface area contributed by atoms with Crippen LogP contribution in [0.2, 0.25) is 0 Å². The SMILES string of the molecule is FC(F)(F)C1CCN(CCNC2CC2)CC1. The first-order chi connectivity index (χ1) is 7.55. The van der Waals surface area contributed by atoms with Crippen LogP contribution < -0.4 is 5.32 Å². The third-order valence-corrected chi connectivity index (χ3v) is 3.49. The van der Waals surface area contributed by atoms with Crippen LogP contribution in [-0.4, -0.2) is 43.3 Å². The van der Waals surface area contributed by atoms with Crippen molar-refractivity contribution < 1.29 is 13.2 Å². The summed E-state index contributed by atoms with van der Waals surface area (Å²) >= 11 is 0. The van der Waals surface area contributed by atoms with E-state index >= 15 is 0 Å². The summed E-state index contributed by atoms with van der Waals surface area (Å²) < 4.78 is 37.2. The van der Waals surface area contributed by atoms with Gasteiger partial charge in [-0.3, -0.25) is 0 Å².